The number of esters is 1. The Balaban J connectivity index is 1.86. The summed E-state index contributed by atoms with van der Waals surface area (Å²) < 4.78 is 4.98. The number of hydrogen-bond acceptors (Lipinski definition) is 6. The third-order valence-corrected chi connectivity index (χ3v) is 5.43. The molecule has 9 heteroatoms. The number of carbonyl (C=O) groups is 3. The monoisotopic (exact) mass is 476 g/mol. The molecule has 1 amide bonds. The van der Waals surface area contributed by atoms with Crippen molar-refractivity contribution in [2.75, 3.05) is 6.61 Å². The maximum Gasteiger partial charge on any atom is 0.326 e. The number of amides is 1. The van der Waals surface area contributed by atoms with Gasteiger partial charge in [-0.05, 0) is 35.7 Å². The van der Waals surface area contributed by atoms with E-state index in [1.807, 2.05) is 30.3 Å². The fourth-order valence-corrected chi connectivity index (χ4v) is 3.67. The average molecular weight is 476 g/mol. The van der Waals surface area contributed by atoms with Crippen LogP contribution >= 0.6 is 0 Å². The van der Waals surface area contributed by atoms with E-state index in [4.69, 9.17) is 4.74 Å². The molecule has 3 aromatic carbocycles. The summed E-state index contributed by atoms with van der Waals surface area (Å²) in [5.41, 5.74) is 2.27. The van der Waals surface area contributed by atoms with Crippen molar-refractivity contribution in [2.45, 2.75) is 25.3 Å². The molecule has 3 rings (SSSR count). The van der Waals surface area contributed by atoms with Gasteiger partial charge in [0.25, 0.3) is 11.6 Å². The summed E-state index contributed by atoms with van der Waals surface area (Å²) in [6, 6.07) is 19.9. The predicted octanol–water partition coefficient (Wildman–Crippen LogP) is 4.18. The van der Waals surface area contributed by atoms with E-state index in [0.29, 0.717) is 5.56 Å². The third kappa shape index (κ3) is 6.50. The van der Waals surface area contributed by atoms with E-state index in [9.17, 15) is 29.6 Å². The van der Waals surface area contributed by atoms with E-state index in [1.165, 1.54) is 24.3 Å². The Morgan fingerprint density at radius 2 is 1.54 bits per heavy atom. The van der Waals surface area contributed by atoms with Crippen LogP contribution in [-0.4, -0.2) is 40.5 Å². The van der Waals surface area contributed by atoms with Crippen LogP contribution in [-0.2, 0) is 14.3 Å². The second kappa shape index (κ2) is 11.6. The molecule has 0 aliphatic rings. The van der Waals surface area contributed by atoms with Crippen molar-refractivity contribution in [3.8, 4) is 11.1 Å². The van der Waals surface area contributed by atoms with Gasteiger partial charge in [0.15, 0.2) is 0 Å². The molecule has 3 aromatic rings. The predicted molar refractivity (Wildman–Crippen MR) is 128 cm³/mol. The molecule has 180 valence electrons. The molecule has 0 fully saturated rings. The summed E-state index contributed by atoms with van der Waals surface area (Å²) in [4.78, 5) is 47.7. The normalized spacial score (nSPS) is 12.3. The van der Waals surface area contributed by atoms with E-state index >= 15 is 0 Å². The third-order valence-electron chi connectivity index (χ3n) is 5.43. The minimum absolute atomic E-state index is 0.101. The summed E-state index contributed by atoms with van der Waals surface area (Å²) in [6.45, 7) is 1.72. The Kier molecular flexibility index (Phi) is 8.29. The SMILES string of the molecule is CCOC(=O)C[C@@H](c1ccc([N+](=O)[O-])cc1)[C@H](NC(=O)c1ccc(-c2ccccc2)cc1)C(=O)O. The minimum Gasteiger partial charge on any atom is -0.480 e. The molecule has 0 bridgehead atoms. The molecule has 0 radical (unpaired) electrons. The van der Waals surface area contributed by atoms with Crippen molar-refractivity contribution in [3.63, 3.8) is 0 Å². The van der Waals surface area contributed by atoms with Crippen LogP contribution in [0.3, 0.4) is 0 Å². The number of hydrogen-bond donors (Lipinski definition) is 2. The Labute approximate surface area is 201 Å². The van der Waals surface area contributed by atoms with Crippen molar-refractivity contribution in [2.24, 2.45) is 0 Å². The molecule has 0 unspecified atom stereocenters. The summed E-state index contributed by atoms with van der Waals surface area (Å²) in [7, 11) is 0. The number of nitro benzene ring substituents is 1. The first-order valence-electron chi connectivity index (χ1n) is 10.9. The Morgan fingerprint density at radius 3 is 2.09 bits per heavy atom. The zero-order valence-corrected chi connectivity index (χ0v) is 18.9. The lowest BCUT2D eigenvalue weighted by atomic mass is 9.88. The van der Waals surface area contributed by atoms with Gasteiger partial charge < -0.3 is 15.2 Å². The lowest BCUT2D eigenvalue weighted by Gasteiger charge is -2.25. The number of rotatable bonds is 10. The van der Waals surface area contributed by atoms with Crippen LogP contribution in [0.4, 0.5) is 5.69 Å². The Morgan fingerprint density at radius 1 is 0.943 bits per heavy atom. The van der Waals surface area contributed by atoms with Crippen LogP contribution in [0.5, 0.6) is 0 Å². The first-order valence-corrected chi connectivity index (χ1v) is 10.9. The van der Waals surface area contributed by atoms with Crippen molar-refractivity contribution in [3.05, 3.63) is 100 Å². The second-order valence-corrected chi connectivity index (χ2v) is 7.70. The van der Waals surface area contributed by atoms with Crippen LogP contribution in [0, 0.1) is 10.1 Å². The van der Waals surface area contributed by atoms with Crippen molar-refractivity contribution < 1.29 is 29.2 Å². The average Bonchev–Trinajstić information content (AvgIpc) is 2.86. The van der Waals surface area contributed by atoms with Gasteiger partial charge in [-0.1, -0.05) is 54.6 Å². The lowest BCUT2D eigenvalue weighted by molar-refractivity contribution is -0.384. The summed E-state index contributed by atoms with van der Waals surface area (Å²) in [6.07, 6.45) is -0.337. The number of carboxylic acid groups (broad SMARTS) is 1. The number of nitrogens with zero attached hydrogens (tertiary/aromatic N) is 1. The van der Waals surface area contributed by atoms with Crippen LogP contribution in [0.25, 0.3) is 11.1 Å². The van der Waals surface area contributed by atoms with E-state index in [0.717, 1.165) is 11.1 Å². The molecule has 2 N–H and O–H groups in total. The van der Waals surface area contributed by atoms with Crippen LogP contribution < -0.4 is 5.32 Å². The molecule has 0 heterocycles. The van der Waals surface area contributed by atoms with Gasteiger partial charge in [-0.2, -0.15) is 0 Å². The van der Waals surface area contributed by atoms with Gasteiger partial charge in [0.05, 0.1) is 18.0 Å². The molecular weight excluding hydrogens is 452 g/mol. The smallest absolute Gasteiger partial charge is 0.326 e. The first kappa shape index (κ1) is 25.1. The largest absolute Gasteiger partial charge is 0.480 e. The van der Waals surface area contributed by atoms with Crippen LogP contribution in [0.2, 0.25) is 0 Å². The fraction of sp³-hybridized carbons (Fsp3) is 0.192. The van der Waals surface area contributed by atoms with E-state index in [-0.39, 0.29) is 24.3 Å². The minimum atomic E-state index is -1.48. The van der Waals surface area contributed by atoms with Crippen molar-refractivity contribution in [1.29, 1.82) is 0 Å². The van der Waals surface area contributed by atoms with Crippen molar-refractivity contribution >= 4 is 23.5 Å². The fourth-order valence-electron chi connectivity index (χ4n) is 3.67. The maximum absolute atomic E-state index is 12.9. The number of nitro groups is 1. The number of carboxylic acids is 1. The number of benzene rings is 3. The summed E-state index contributed by atoms with van der Waals surface area (Å²) in [5, 5.41) is 23.4. The van der Waals surface area contributed by atoms with Gasteiger partial charge >= 0.3 is 11.9 Å². The highest BCUT2D eigenvalue weighted by Gasteiger charge is 2.33. The number of aliphatic carboxylic acids is 1. The molecule has 0 saturated carbocycles. The molecule has 0 saturated heterocycles. The summed E-state index contributed by atoms with van der Waals surface area (Å²) in [5.74, 6) is -3.65. The molecule has 0 spiro atoms. The highest BCUT2D eigenvalue weighted by atomic mass is 16.6. The molecule has 0 aliphatic carbocycles. The first-order chi connectivity index (χ1) is 16.8. The molecule has 35 heavy (non-hydrogen) atoms. The number of ether oxygens (including phenoxy) is 1. The second-order valence-electron chi connectivity index (χ2n) is 7.70. The van der Waals surface area contributed by atoms with Gasteiger partial charge in [0.1, 0.15) is 6.04 Å². The molecular formula is C26H24N2O7. The van der Waals surface area contributed by atoms with Gasteiger partial charge in [-0.15, -0.1) is 0 Å². The standard InChI is InChI=1S/C26H24N2O7/c1-2-35-23(29)16-22(19-12-14-21(15-13-19)28(33)34)24(26(31)32)27-25(30)20-10-8-18(9-11-20)17-6-4-3-5-7-17/h3-15,22,24H,2,16H2,1H3,(H,27,30)(H,31,32)/t22-,24-/m0/s1. The van der Waals surface area contributed by atoms with Crippen LogP contribution in [0.1, 0.15) is 35.2 Å². The maximum atomic E-state index is 12.9. The van der Waals surface area contributed by atoms with E-state index in [1.54, 1.807) is 31.2 Å². The van der Waals surface area contributed by atoms with Crippen molar-refractivity contribution in [1.82, 2.24) is 5.32 Å². The summed E-state index contributed by atoms with van der Waals surface area (Å²) >= 11 is 0. The lowest BCUT2D eigenvalue weighted by Crippen LogP contribution is -2.45. The van der Waals surface area contributed by atoms with Gasteiger partial charge in [0.2, 0.25) is 0 Å². The Bertz CT molecular complexity index is 1190. The van der Waals surface area contributed by atoms with E-state index in [2.05, 4.69) is 5.32 Å². The zero-order valence-electron chi connectivity index (χ0n) is 18.9. The van der Waals surface area contributed by atoms with Gasteiger partial charge in [-0.3, -0.25) is 19.7 Å². The Hall–Kier alpha value is -4.53. The zero-order chi connectivity index (χ0) is 25.4. The highest BCUT2D eigenvalue weighted by Crippen LogP contribution is 2.27. The molecule has 9 nitrogen and oxygen atoms in total. The number of carbonyl (C=O) groups excluding carboxylic acids is 2. The molecule has 0 aliphatic heterocycles. The topological polar surface area (TPSA) is 136 Å². The van der Waals surface area contributed by atoms with Gasteiger partial charge in [-0.25, -0.2) is 4.79 Å². The molecule has 0 aromatic heterocycles. The van der Waals surface area contributed by atoms with Gasteiger partial charge in [0, 0.05) is 23.6 Å². The highest BCUT2D eigenvalue weighted by molar-refractivity contribution is 5.97. The number of nitrogens with one attached hydrogen (secondary N) is 1. The number of non-ortho nitro benzene ring substituents is 1. The quantitative estimate of drug-likeness (QED) is 0.254. The van der Waals surface area contributed by atoms with Crippen LogP contribution in [0.15, 0.2) is 78.9 Å². The van der Waals surface area contributed by atoms with E-state index < -0.39 is 34.7 Å². The molecule has 2 atom stereocenters.